The Balaban J connectivity index is 2.61. The van der Waals surface area contributed by atoms with Gasteiger partial charge in [-0.15, -0.1) is 0 Å². The molecule has 0 saturated heterocycles. The minimum absolute atomic E-state index is 0.00840. The van der Waals surface area contributed by atoms with E-state index in [2.05, 4.69) is 5.32 Å². The average Bonchev–Trinajstić information content (AvgIpc) is 2.32. The lowest BCUT2D eigenvalue weighted by atomic mass is 9.96. The van der Waals surface area contributed by atoms with Crippen molar-refractivity contribution >= 4 is 0 Å². The Hall–Kier alpha value is -1.13. The summed E-state index contributed by atoms with van der Waals surface area (Å²) in [6.45, 7) is 3.76. The van der Waals surface area contributed by atoms with Gasteiger partial charge in [0.25, 0.3) is 0 Å². The molecule has 0 aromatic heterocycles. The van der Waals surface area contributed by atoms with Crippen molar-refractivity contribution in [2.24, 2.45) is 0 Å². The first-order valence-corrected chi connectivity index (χ1v) is 5.72. The predicted molar refractivity (Wildman–Crippen MR) is 65.7 cm³/mol. The van der Waals surface area contributed by atoms with Gasteiger partial charge in [0, 0.05) is 12.0 Å². The van der Waals surface area contributed by atoms with Crippen LogP contribution in [0.2, 0.25) is 0 Å². The normalized spacial score (nSPS) is 16.3. The Morgan fingerprint density at radius 2 is 2.12 bits per heavy atom. The molecule has 0 bridgehead atoms. The lowest BCUT2D eigenvalue weighted by molar-refractivity contribution is 0.112. The number of halogens is 1. The zero-order valence-corrected chi connectivity index (χ0v) is 10.5. The number of benzene rings is 1. The van der Waals surface area contributed by atoms with Crippen LogP contribution in [0.3, 0.4) is 0 Å². The van der Waals surface area contributed by atoms with E-state index in [0.717, 1.165) is 0 Å². The summed E-state index contributed by atoms with van der Waals surface area (Å²) in [6, 6.07) is 6.32. The van der Waals surface area contributed by atoms with Crippen molar-refractivity contribution < 1.29 is 14.2 Å². The van der Waals surface area contributed by atoms with Crippen LogP contribution in [-0.2, 0) is 0 Å². The summed E-state index contributed by atoms with van der Waals surface area (Å²) in [6.07, 6.45) is 0.408. The molecule has 2 atom stereocenters. The number of para-hydroxylation sites is 1. The molecule has 1 aromatic rings. The molecule has 3 nitrogen and oxygen atoms in total. The van der Waals surface area contributed by atoms with Crippen LogP contribution in [0.15, 0.2) is 24.3 Å². The number of hydrogen-bond donors (Lipinski definition) is 2. The molecular formula is C13H20FNO2. The Kier molecular flexibility index (Phi) is 4.90. The Morgan fingerprint density at radius 3 is 2.65 bits per heavy atom. The van der Waals surface area contributed by atoms with Gasteiger partial charge in [-0.05, 0) is 33.0 Å². The average molecular weight is 241 g/mol. The maximum atomic E-state index is 13.4. The highest BCUT2D eigenvalue weighted by molar-refractivity contribution is 5.23. The molecule has 0 aliphatic heterocycles. The smallest absolute Gasteiger partial charge is 0.165 e. The van der Waals surface area contributed by atoms with E-state index in [1.165, 1.54) is 6.07 Å². The summed E-state index contributed by atoms with van der Waals surface area (Å²) in [5.41, 5.74) is -0.412. The van der Waals surface area contributed by atoms with E-state index in [1.807, 2.05) is 13.8 Å². The topological polar surface area (TPSA) is 41.5 Å². The van der Waals surface area contributed by atoms with Gasteiger partial charge < -0.3 is 15.2 Å². The molecule has 2 unspecified atom stereocenters. The van der Waals surface area contributed by atoms with Crippen LogP contribution in [0, 0.1) is 5.82 Å². The quantitative estimate of drug-likeness (QED) is 0.800. The van der Waals surface area contributed by atoms with Crippen molar-refractivity contribution in [3.63, 3.8) is 0 Å². The number of aliphatic hydroxyl groups is 1. The molecule has 0 amide bonds. The molecule has 0 fully saturated rings. The molecule has 17 heavy (non-hydrogen) atoms. The van der Waals surface area contributed by atoms with Gasteiger partial charge >= 0.3 is 0 Å². The monoisotopic (exact) mass is 241 g/mol. The van der Waals surface area contributed by atoms with Crippen LogP contribution in [0.25, 0.3) is 0 Å². The number of rotatable bonds is 6. The van der Waals surface area contributed by atoms with Crippen molar-refractivity contribution in [1.29, 1.82) is 0 Å². The van der Waals surface area contributed by atoms with E-state index in [0.29, 0.717) is 6.42 Å². The van der Waals surface area contributed by atoms with E-state index in [4.69, 9.17) is 4.74 Å². The van der Waals surface area contributed by atoms with E-state index in [-0.39, 0.29) is 24.3 Å². The molecular weight excluding hydrogens is 221 g/mol. The first kappa shape index (κ1) is 13.9. The fourth-order valence-corrected chi connectivity index (χ4v) is 1.68. The minimum atomic E-state index is -0.412. The largest absolute Gasteiger partial charge is 0.488 e. The second kappa shape index (κ2) is 5.98. The molecule has 0 aliphatic rings. The zero-order chi connectivity index (χ0) is 12.9. The molecule has 0 spiro atoms. The molecule has 2 N–H and O–H groups in total. The first-order valence-electron chi connectivity index (χ1n) is 5.72. The summed E-state index contributed by atoms with van der Waals surface area (Å²) in [4.78, 5) is 0. The molecule has 0 aliphatic carbocycles. The lowest BCUT2D eigenvalue weighted by Gasteiger charge is -2.30. The zero-order valence-electron chi connectivity index (χ0n) is 10.5. The van der Waals surface area contributed by atoms with Crippen LogP contribution < -0.4 is 10.1 Å². The highest BCUT2D eigenvalue weighted by Gasteiger charge is 2.24. The van der Waals surface area contributed by atoms with Gasteiger partial charge in [-0.25, -0.2) is 4.39 Å². The third-order valence-corrected chi connectivity index (χ3v) is 2.86. The molecule has 0 heterocycles. The fraction of sp³-hybridized carbons (Fsp3) is 0.538. The van der Waals surface area contributed by atoms with Crippen LogP contribution >= 0.6 is 0 Å². The standard InChI is InChI=1S/C13H20FNO2/c1-10(8-13(2,9-16)15-3)17-12-7-5-4-6-11(12)14/h4-7,10,15-16H,8-9H2,1-3H3. The predicted octanol–water partition coefficient (Wildman–Crippen LogP) is 1.95. The highest BCUT2D eigenvalue weighted by Crippen LogP contribution is 2.20. The van der Waals surface area contributed by atoms with Gasteiger partial charge in [0.15, 0.2) is 11.6 Å². The van der Waals surface area contributed by atoms with Crippen LogP contribution in [0.4, 0.5) is 4.39 Å². The van der Waals surface area contributed by atoms with Gasteiger partial charge in [-0.3, -0.25) is 0 Å². The summed E-state index contributed by atoms with van der Waals surface area (Å²) in [7, 11) is 1.78. The molecule has 0 radical (unpaired) electrons. The van der Waals surface area contributed by atoms with Gasteiger partial charge in [-0.1, -0.05) is 12.1 Å². The van der Waals surface area contributed by atoms with Crippen molar-refractivity contribution in [3.05, 3.63) is 30.1 Å². The molecule has 96 valence electrons. The van der Waals surface area contributed by atoms with Crippen LogP contribution in [0.1, 0.15) is 20.3 Å². The molecule has 1 aromatic carbocycles. The fourth-order valence-electron chi connectivity index (χ4n) is 1.68. The Morgan fingerprint density at radius 1 is 1.47 bits per heavy atom. The number of hydrogen-bond acceptors (Lipinski definition) is 3. The number of nitrogens with one attached hydrogen (secondary N) is 1. The summed E-state index contributed by atoms with van der Waals surface area (Å²) < 4.78 is 18.9. The SMILES string of the molecule is CNC(C)(CO)CC(C)Oc1ccccc1F. The van der Waals surface area contributed by atoms with Crippen molar-refractivity contribution in [3.8, 4) is 5.75 Å². The maximum absolute atomic E-state index is 13.4. The number of ether oxygens (including phenoxy) is 1. The Labute approximate surface area is 102 Å². The van der Waals surface area contributed by atoms with E-state index >= 15 is 0 Å². The van der Waals surface area contributed by atoms with Gasteiger partial charge in [0.05, 0.1) is 12.7 Å². The third kappa shape index (κ3) is 3.98. The minimum Gasteiger partial charge on any atom is -0.488 e. The van der Waals surface area contributed by atoms with Gasteiger partial charge in [0.2, 0.25) is 0 Å². The van der Waals surface area contributed by atoms with E-state index in [9.17, 15) is 9.50 Å². The maximum Gasteiger partial charge on any atom is 0.165 e. The summed E-state index contributed by atoms with van der Waals surface area (Å²) in [5, 5.41) is 12.3. The van der Waals surface area contributed by atoms with Gasteiger partial charge in [0.1, 0.15) is 0 Å². The summed E-state index contributed by atoms with van der Waals surface area (Å²) >= 11 is 0. The number of likely N-dealkylation sites (N-methyl/N-ethyl adjacent to an activating group) is 1. The van der Waals surface area contributed by atoms with Crippen LogP contribution in [0.5, 0.6) is 5.75 Å². The van der Waals surface area contributed by atoms with Crippen molar-refractivity contribution in [2.45, 2.75) is 31.9 Å². The third-order valence-electron chi connectivity index (χ3n) is 2.86. The van der Waals surface area contributed by atoms with Gasteiger partial charge in [-0.2, -0.15) is 0 Å². The Bertz CT molecular complexity index is 353. The first-order chi connectivity index (χ1) is 8.00. The van der Waals surface area contributed by atoms with Crippen LogP contribution in [-0.4, -0.2) is 30.4 Å². The second-order valence-corrected chi connectivity index (χ2v) is 4.53. The summed E-state index contributed by atoms with van der Waals surface area (Å²) in [5.74, 6) is -0.120. The molecule has 4 heteroatoms. The second-order valence-electron chi connectivity index (χ2n) is 4.53. The lowest BCUT2D eigenvalue weighted by Crippen LogP contribution is -2.46. The molecule has 1 rings (SSSR count). The highest BCUT2D eigenvalue weighted by atomic mass is 19.1. The molecule has 0 saturated carbocycles. The van der Waals surface area contributed by atoms with E-state index < -0.39 is 5.54 Å². The van der Waals surface area contributed by atoms with E-state index in [1.54, 1.807) is 25.2 Å². The van der Waals surface area contributed by atoms with Crippen molar-refractivity contribution in [2.75, 3.05) is 13.7 Å². The number of aliphatic hydroxyl groups excluding tert-OH is 1. The van der Waals surface area contributed by atoms with Crippen molar-refractivity contribution in [1.82, 2.24) is 5.32 Å².